The number of rotatable bonds is 4. The number of anilines is 4. The Labute approximate surface area is 194 Å². The Morgan fingerprint density at radius 3 is 2.52 bits per heavy atom. The minimum absolute atomic E-state index is 0.0646. The third-order valence-corrected chi connectivity index (χ3v) is 6.43. The Bertz CT molecular complexity index is 1190. The molecule has 2 amide bonds. The van der Waals surface area contributed by atoms with Crippen LogP contribution in [0.3, 0.4) is 0 Å². The lowest BCUT2D eigenvalue weighted by atomic mass is 9.99. The summed E-state index contributed by atoms with van der Waals surface area (Å²) in [6, 6.07) is 24.0. The van der Waals surface area contributed by atoms with Crippen LogP contribution in [0.2, 0.25) is 0 Å². The topological polar surface area (TPSA) is 64.7 Å². The van der Waals surface area contributed by atoms with Crippen LogP contribution in [-0.2, 0) is 22.6 Å². The van der Waals surface area contributed by atoms with E-state index in [0.717, 1.165) is 36.6 Å². The van der Waals surface area contributed by atoms with Crippen LogP contribution in [0.4, 0.5) is 22.7 Å². The van der Waals surface area contributed by atoms with Crippen LogP contribution >= 0.6 is 0 Å². The van der Waals surface area contributed by atoms with Crippen molar-refractivity contribution in [2.75, 3.05) is 33.5 Å². The molecule has 0 radical (unpaired) electrons. The summed E-state index contributed by atoms with van der Waals surface area (Å²) in [4.78, 5) is 29.7. The second kappa shape index (κ2) is 8.98. The SMILES string of the molecule is C[C@H]1CC(=O)Nc2ccccc2N1C(=O)CNc1ccccc1N1CCc2ccccc2C1. The molecule has 0 spiro atoms. The first-order valence-electron chi connectivity index (χ1n) is 11.5. The first kappa shape index (κ1) is 21.1. The molecule has 2 aliphatic rings. The van der Waals surface area contributed by atoms with Gasteiger partial charge < -0.3 is 20.4 Å². The summed E-state index contributed by atoms with van der Waals surface area (Å²) in [6.07, 6.45) is 1.27. The zero-order chi connectivity index (χ0) is 22.8. The molecule has 1 atom stereocenters. The van der Waals surface area contributed by atoms with Crippen LogP contribution in [0.1, 0.15) is 24.5 Å². The van der Waals surface area contributed by atoms with Gasteiger partial charge in [-0.25, -0.2) is 0 Å². The van der Waals surface area contributed by atoms with Crippen LogP contribution < -0.4 is 20.4 Å². The number of carbonyl (C=O) groups is 2. The molecule has 6 nitrogen and oxygen atoms in total. The van der Waals surface area contributed by atoms with Crippen molar-refractivity contribution >= 4 is 34.6 Å². The molecule has 2 N–H and O–H groups in total. The predicted molar refractivity (Wildman–Crippen MR) is 133 cm³/mol. The first-order valence-corrected chi connectivity index (χ1v) is 11.5. The number of fused-ring (bicyclic) bond motifs is 2. The minimum Gasteiger partial charge on any atom is -0.374 e. The van der Waals surface area contributed by atoms with Crippen LogP contribution in [0.15, 0.2) is 72.8 Å². The number of hydrogen-bond acceptors (Lipinski definition) is 4. The summed E-state index contributed by atoms with van der Waals surface area (Å²) in [5.41, 5.74) is 6.21. The highest BCUT2D eigenvalue weighted by Crippen LogP contribution is 2.33. The van der Waals surface area contributed by atoms with Gasteiger partial charge in [0, 0.05) is 25.6 Å². The van der Waals surface area contributed by atoms with Gasteiger partial charge in [0.1, 0.15) is 0 Å². The number of nitrogens with zero attached hydrogens (tertiary/aromatic N) is 2. The molecule has 0 aliphatic carbocycles. The summed E-state index contributed by atoms with van der Waals surface area (Å²) in [6.45, 7) is 3.86. The van der Waals surface area contributed by atoms with E-state index in [1.807, 2.05) is 49.4 Å². The van der Waals surface area contributed by atoms with Crippen LogP contribution in [0.25, 0.3) is 0 Å². The van der Waals surface area contributed by atoms with Crippen molar-refractivity contribution in [1.82, 2.24) is 0 Å². The number of benzene rings is 3. The van der Waals surface area contributed by atoms with Crippen molar-refractivity contribution in [1.29, 1.82) is 0 Å². The quantitative estimate of drug-likeness (QED) is 0.630. The zero-order valence-corrected chi connectivity index (χ0v) is 18.8. The molecule has 3 aromatic carbocycles. The molecule has 6 heteroatoms. The second-order valence-electron chi connectivity index (χ2n) is 8.69. The molecular formula is C27H28N4O2. The Kier molecular flexibility index (Phi) is 5.73. The van der Waals surface area contributed by atoms with Gasteiger partial charge >= 0.3 is 0 Å². The highest BCUT2D eigenvalue weighted by Gasteiger charge is 2.29. The van der Waals surface area contributed by atoms with E-state index >= 15 is 0 Å². The second-order valence-corrected chi connectivity index (χ2v) is 8.69. The predicted octanol–water partition coefficient (Wildman–Crippen LogP) is 4.43. The van der Waals surface area contributed by atoms with E-state index in [1.54, 1.807) is 4.90 Å². The Balaban J connectivity index is 1.35. The Morgan fingerprint density at radius 1 is 0.970 bits per heavy atom. The fourth-order valence-electron chi connectivity index (χ4n) is 4.82. The van der Waals surface area contributed by atoms with Gasteiger partial charge in [0.15, 0.2) is 0 Å². The summed E-state index contributed by atoms with van der Waals surface area (Å²) in [5, 5.41) is 6.29. The molecule has 3 aromatic rings. The number of carbonyl (C=O) groups excluding carboxylic acids is 2. The Hall–Kier alpha value is -3.80. The fourth-order valence-corrected chi connectivity index (χ4v) is 4.82. The number of nitrogens with one attached hydrogen (secondary N) is 2. The molecule has 2 aliphatic heterocycles. The largest absolute Gasteiger partial charge is 0.374 e. The molecule has 33 heavy (non-hydrogen) atoms. The summed E-state index contributed by atoms with van der Waals surface area (Å²) in [7, 11) is 0. The van der Waals surface area contributed by atoms with E-state index < -0.39 is 0 Å². The molecular weight excluding hydrogens is 412 g/mol. The van der Waals surface area contributed by atoms with Gasteiger partial charge in [-0.3, -0.25) is 9.59 Å². The standard InChI is InChI=1S/C27H28N4O2/c1-19-16-26(32)29-23-11-5-7-13-25(23)31(19)27(33)17-28-22-10-4-6-12-24(22)30-15-14-20-8-2-3-9-21(20)18-30/h2-13,19,28H,14-18H2,1H3,(H,29,32)/t19-/m0/s1. The first-order chi connectivity index (χ1) is 16.1. The maximum absolute atomic E-state index is 13.4. The molecule has 0 saturated carbocycles. The molecule has 168 valence electrons. The molecule has 5 rings (SSSR count). The van der Waals surface area contributed by atoms with E-state index in [2.05, 4.69) is 45.9 Å². The molecule has 0 fully saturated rings. The third-order valence-electron chi connectivity index (χ3n) is 6.43. The average Bonchev–Trinajstić information content (AvgIpc) is 2.96. The maximum Gasteiger partial charge on any atom is 0.246 e. The molecule has 0 bridgehead atoms. The molecule has 0 aromatic heterocycles. The zero-order valence-electron chi connectivity index (χ0n) is 18.8. The van der Waals surface area contributed by atoms with Crippen LogP contribution in [0.5, 0.6) is 0 Å². The molecule has 2 heterocycles. The molecule has 0 unspecified atom stereocenters. The van der Waals surface area contributed by atoms with Crippen molar-refractivity contribution in [2.24, 2.45) is 0 Å². The van der Waals surface area contributed by atoms with Gasteiger partial charge in [0.25, 0.3) is 0 Å². The summed E-state index contributed by atoms with van der Waals surface area (Å²) >= 11 is 0. The van der Waals surface area contributed by atoms with E-state index in [-0.39, 0.29) is 30.8 Å². The summed E-state index contributed by atoms with van der Waals surface area (Å²) < 4.78 is 0. The van der Waals surface area contributed by atoms with Crippen molar-refractivity contribution in [3.05, 3.63) is 83.9 Å². The van der Waals surface area contributed by atoms with Gasteiger partial charge in [-0.15, -0.1) is 0 Å². The number of para-hydroxylation sites is 4. The average molecular weight is 441 g/mol. The lowest BCUT2D eigenvalue weighted by Crippen LogP contribution is -2.42. The normalized spacial score (nSPS) is 17.5. The monoisotopic (exact) mass is 440 g/mol. The maximum atomic E-state index is 13.4. The van der Waals surface area contributed by atoms with E-state index in [1.165, 1.54) is 11.1 Å². The fraction of sp³-hybridized carbons (Fsp3) is 0.259. The van der Waals surface area contributed by atoms with Crippen LogP contribution in [0, 0.1) is 0 Å². The van der Waals surface area contributed by atoms with E-state index in [0.29, 0.717) is 5.69 Å². The van der Waals surface area contributed by atoms with E-state index in [4.69, 9.17) is 0 Å². The highest BCUT2D eigenvalue weighted by atomic mass is 16.2. The summed E-state index contributed by atoms with van der Waals surface area (Å²) in [5.74, 6) is -0.140. The number of hydrogen-bond donors (Lipinski definition) is 2. The smallest absolute Gasteiger partial charge is 0.246 e. The highest BCUT2D eigenvalue weighted by molar-refractivity contribution is 6.05. The van der Waals surface area contributed by atoms with Gasteiger partial charge in [-0.2, -0.15) is 0 Å². The van der Waals surface area contributed by atoms with Crippen molar-refractivity contribution in [2.45, 2.75) is 32.4 Å². The number of amides is 2. The van der Waals surface area contributed by atoms with Gasteiger partial charge in [0.05, 0.1) is 29.3 Å². The van der Waals surface area contributed by atoms with Crippen molar-refractivity contribution in [3.63, 3.8) is 0 Å². The lowest BCUT2D eigenvalue weighted by molar-refractivity contribution is -0.118. The molecule has 0 saturated heterocycles. The van der Waals surface area contributed by atoms with E-state index in [9.17, 15) is 9.59 Å². The third kappa shape index (κ3) is 4.29. The van der Waals surface area contributed by atoms with Gasteiger partial charge in [-0.05, 0) is 48.7 Å². The van der Waals surface area contributed by atoms with Crippen LogP contribution in [-0.4, -0.2) is 30.9 Å². The Morgan fingerprint density at radius 2 is 1.67 bits per heavy atom. The minimum atomic E-state index is -0.225. The van der Waals surface area contributed by atoms with Crippen molar-refractivity contribution in [3.8, 4) is 0 Å². The van der Waals surface area contributed by atoms with Gasteiger partial charge in [0.2, 0.25) is 11.8 Å². The lowest BCUT2D eigenvalue weighted by Gasteiger charge is -2.32. The van der Waals surface area contributed by atoms with Gasteiger partial charge in [-0.1, -0.05) is 48.5 Å². The van der Waals surface area contributed by atoms with Crippen molar-refractivity contribution < 1.29 is 9.59 Å².